The minimum Gasteiger partial charge on any atom is -0.467 e. The van der Waals surface area contributed by atoms with Crippen LogP contribution in [0.4, 0.5) is 4.39 Å². The molecule has 0 spiro atoms. The molecule has 0 saturated carbocycles. The molecule has 0 unspecified atom stereocenters. The van der Waals surface area contributed by atoms with E-state index in [1.54, 1.807) is 13.0 Å². The lowest BCUT2D eigenvalue weighted by Crippen LogP contribution is -2.33. The number of H-pyrrole nitrogens is 1. The Bertz CT molecular complexity index is 1070. The van der Waals surface area contributed by atoms with Crippen molar-refractivity contribution in [3.8, 4) is 5.75 Å². The molecule has 7 heteroatoms. The van der Waals surface area contributed by atoms with Gasteiger partial charge in [0, 0.05) is 28.7 Å². The number of amides is 1. The van der Waals surface area contributed by atoms with Gasteiger partial charge in [-0.1, -0.05) is 18.2 Å². The lowest BCUT2D eigenvalue weighted by molar-refractivity contribution is -0.116. The molecule has 0 aliphatic carbocycles. The summed E-state index contributed by atoms with van der Waals surface area (Å²) in [6.07, 6.45) is 0.339. The number of aromatic amines is 1. The predicted octanol–water partition coefficient (Wildman–Crippen LogP) is 3.02. The molecule has 0 saturated heterocycles. The highest BCUT2D eigenvalue weighted by molar-refractivity contribution is 6.45. The molecule has 2 aromatic carbocycles. The van der Waals surface area contributed by atoms with Crippen LogP contribution in [-0.4, -0.2) is 30.0 Å². The second kappa shape index (κ2) is 7.44. The summed E-state index contributed by atoms with van der Waals surface area (Å²) >= 11 is 0. The second-order valence-electron chi connectivity index (χ2n) is 6.67. The molecule has 2 heterocycles. The maximum Gasteiger partial charge on any atom is 0.292 e. The van der Waals surface area contributed by atoms with E-state index in [0.717, 1.165) is 5.52 Å². The predicted molar refractivity (Wildman–Crippen MR) is 101 cm³/mol. The van der Waals surface area contributed by atoms with E-state index in [1.165, 1.54) is 12.1 Å². The Morgan fingerprint density at radius 3 is 2.93 bits per heavy atom. The fraction of sp³-hybridized carbons (Fsp3) is 0.238. The molecule has 2 N–H and O–H groups in total. The first kappa shape index (κ1) is 18.2. The van der Waals surface area contributed by atoms with E-state index in [1.807, 2.05) is 18.2 Å². The minimum atomic E-state index is -0.692. The highest BCUT2D eigenvalue weighted by Gasteiger charge is 2.23. The van der Waals surface area contributed by atoms with Crippen LogP contribution in [-0.2, 0) is 22.6 Å². The van der Waals surface area contributed by atoms with Gasteiger partial charge in [0.2, 0.25) is 0 Å². The fourth-order valence-electron chi connectivity index (χ4n) is 3.52. The van der Waals surface area contributed by atoms with Crippen LogP contribution in [0, 0.1) is 12.7 Å². The molecule has 3 aromatic rings. The van der Waals surface area contributed by atoms with Gasteiger partial charge in [-0.25, -0.2) is 4.39 Å². The number of benzene rings is 2. The first-order valence-corrected chi connectivity index (χ1v) is 8.96. The Morgan fingerprint density at radius 1 is 1.25 bits per heavy atom. The summed E-state index contributed by atoms with van der Waals surface area (Å²) in [4.78, 5) is 28.1. The molecule has 0 atom stereocenters. The number of hydrogen-bond donors (Lipinski definition) is 2. The van der Waals surface area contributed by atoms with Gasteiger partial charge in [0.1, 0.15) is 11.6 Å². The molecule has 144 valence electrons. The van der Waals surface area contributed by atoms with Crippen molar-refractivity contribution in [1.29, 1.82) is 0 Å². The number of fused-ring (bicyclic) bond motifs is 2. The zero-order chi connectivity index (χ0) is 19.7. The van der Waals surface area contributed by atoms with Gasteiger partial charge in [-0.3, -0.25) is 9.59 Å². The van der Waals surface area contributed by atoms with E-state index in [2.05, 4.69) is 10.3 Å². The number of para-hydroxylation sites is 1. The fourth-order valence-corrected chi connectivity index (χ4v) is 3.52. The van der Waals surface area contributed by atoms with Gasteiger partial charge in [-0.2, -0.15) is 0 Å². The van der Waals surface area contributed by atoms with Crippen LogP contribution in [0.5, 0.6) is 5.75 Å². The largest absolute Gasteiger partial charge is 0.467 e. The van der Waals surface area contributed by atoms with E-state index >= 15 is 0 Å². The van der Waals surface area contributed by atoms with Crippen molar-refractivity contribution in [3.05, 3.63) is 64.6 Å². The number of ketones is 1. The number of nitrogens with one attached hydrogen (secondary N) is 2. The first-order valence-electron chi connectivity index (χ1n) is 8.96. The van der Waals surface area contributed by atoms with E-state index in [0.29, 0.717) is 39.9 Å². The number of carbonyl (C=O) groups is 2. The summed E-state index contributed by atoms with van der Waals surface area (Å²) in [6, 6.07) is 10.1. The van der Waals surface area contributed by atoms with Crippen LogP contribution in [0.2, 0.25) is 0 Å². The zero-order valence-electron chi connectivity index (χ0n) is 15.3. The van der Waals surface area contributed by atoms with Crippen molar-refractivity contribution < 1.29 is 23.5 Å². The number of aromatic nitrogens is 1. The molecule has 4 rings (SSSR count). The number of Topliss-reactive ketones (excluding diaryl/α,β-unsaturated/α-hetero) is 1. The van der Waals surface area contributed by atoms with E-state index in [9.17, 15) is 14.0 Å². The number of rotatable bonds is 5. The molecule has 0 fully saturated rings. The van der Waals surface area contributed by atoms with Crippen molar-refractivity contribution in [2.45, 2.75) is 20.0 Å². The monoisotopic (exact) mass is 382 g/mol. The van der Waals surface area contributed by atoms with Crippen molar-refractivity contribution in [3.63, 3.8) is 0 Å². The summed E-state index contributed by atoms with van der Waals surface area (Å²) in [5.41, 5.74) is 3.10. The number of hydrogen-bond acceptors (Lipinski definition) is 4. The van der Waals surface area contributed by atoms with Crippen LogP contribution < -0.4 is 10.1 Å². The number of aryl methyl sites for hydroxylation is 1. The summed E-state index contributed by atoms with van der Waals surface area (Å²) in [6.45, 7) is 2.34. The molecule has 6 nitrogen and oxygen atoms in total. The van der Waals surface area contributed by atoms with Gasteiger partial charge < -0.3 is 19.8 Å². The van der Waals surface area contributed by atoms with Gasteiger partial charge in [-0.05, 0) is 37.1 Å². The Kier molecular flexibility index (Phi) is 4.83. The smallest absolute Gasteiger partial charge is 0.292 e. The van der Waals surface area contributed by atoms with Gasteiger partial charge in [0.05, 0.1) is 12.2 Å². The third kappa shape index (κ3) is 3.36. The number of halogens is 1. The van der Waals surface area contributed by atoms with Gasteiger partial charge in [0.15, 0.2) is 6.79 Å². The van der Waals surface area contributed by atoms with Gasteiger partial charge in [-0.15, -0.1) is 0 Å². The lowest BCUT2D eigenvalue weighted by Gasteiger charge is -2.20. The molecular formula is C21H19FN2O4. The average Bonchev–Trinajstić information content (AvgIpc) is 3.02. The third-order valence-electron chi connectivity index (χ3n) is 4.76. The van der Waals surface area contributed by atoms with Crippen LogP contribution in [0.3, 0.4) is 0 Å². The van der Waals surface area contributed by atoms with Crippen molar-refractivity contribution in [2.24, 2.45) is 0 Å². The number of carbonyl (C=O) groups excluding carboxylic acids is 2. The molecule has 28 heavy (non-hydrogen) atoms. The summed E-state index contributed by atoms with van der Waals surface area (Å²) < 4.78 is 24.4. The molecule has 1 aliphatic rings. The minimum absolute atomic E-state index is 0.107. The maximum atomic E-state index is 13.8. The second-order valence-corrected chi connectivity index (χ2v) is 6.67. The molecule has 1 aromatic heterocycles. The van der Waals surface area contributed by atoms with Crippen molar-refractivity contribution >= 4 is 22.6 Å². The Hall–Kier alpha value is -3.19. The van der Waals surface area contributed by atoms with Gasteiger partial charge in [0.25, 0.3) is 11.7 Å². The molecule has 0 radical (unpaired) electrons. The van der Waals surface area contributed by atoms with E-state index in [-0.39, 0.29) is 25.8 Å². The SMILES string of the molecule is Cc1[nH]c2ccccc2c1C(=O)C(=O)NCCc1cc(F)cc2c1OCOC2. The molecular weight excluding hydrogens is 363 g/mol. The third-order valence-corrected chi connectivity index (χ3v) is 4.76. The zero-order valence-corrected chi connectivity index (χ0v) is 15.3. The standard InChI is InChI=1S/C21H19FN2O4/c1-12-18(16-4-2-3-5-17(16)24-12)19(25)21(26)23-7-6-13-8-15(22)9-14-10-27-11-28-20(13)14/h2-5,8-9,24H,6-7,10-11H2,1H3,(H,23,26). The first-order chi connectivity index (χ1) is 13.5. The number of ether oxygens (including phenoxy) is 2. The highest BCUT2D eigenvalue weighted by Crippen LogP contribution is 2.29. The van der Waals surface area contributed by atoms with Crippen LogP contribution in [0.1, 0.15) is 27.2 Å². The molecule has 1 aliphatic heterocycles. The summed E-state index contributed by atoms with van der Waals surface area (Å²) in [7, 11) is 0. The Morgan fingerprint density at radius 2 is 2.07 bits per heavy atom. The Labute approximate surface area is 160 Å². The van der Waals surface area contributed by atoms with Crippen molar-refractivity contribution in [1.82, 2.24) is 10.3 Å². The van der Waals surface area contributed by atoms with Crippen LogP contribution >= 0.6 is 0 Å². The molecule has 0 bridgehead atoms. The Balaban J connectivity index is 1.46. The van der Waals surface area contributed by atoms with Gasteiger partial charge >= 0.3 is 0 Å². The van der Waals surface area contributed by atoms with E-state index in [4.69, 9.17) is 9.47 Å². The quantitative estimate of drug-likeness (QED) is 0.525. The van der Waals surface area contributed by atoms with Crippen LogP contribution in [0.15, 0.2) is 36.4 Å². The average molecular weight is 382 g/mol. The molecule has 1 amide bonds. The van der Waals surface area contributed by atoms with Crippen LogP contribution in [0.25, 0.3) is 10.9 Å². The summed E-state index contributed by atoms with van der Waals surface area (Å²) in [5, 5.41) is 3.34. The maximum absolute atomic E-state index is 13.8. The highest BCUT2D eigenvalue weighted by atomic mass is 19.1. The normalized spacial score (nSPS) is 13.1. The van der Waals surface area contributed by atoms with E-state index < -0.39 is 11.7 Å². The van der Waals surface area contributed by atoms with Crippen molar-refractivity contribution in [2.75, 3.05) is 13.3 Å². The lowest BCUT2D eigenvalue weighted by atomic mass is 10.0. The summed E-state index contributed by atoms with van der Waals surface area (Å²) in [5.74, 6) is -1.09. The topological polar surface area (TPSA) is 80.4 Å².